The summed E-state index contributed by atoms with van der Waals surface area (Å²) in [4.78, 5) is 6.10. The molecule has 4 heteroatoms. The third-order valence-corrected chi connectivity index (χ3v) is 5.30. The fraction of sp³-hybridized carbons (Fsp3) is 0.368. The molecule has 1 N–H and O–H groups in total. The summed E-state index contributed by atoms with van der Waals surface area (Å²) in [5.41, 5.74) is 4.61. The lowest BCUT2D eigenvalue weighted by Crippen LogP contribution is -2.29. The van der Waals surface area contributed by atoms with Crippen LogP contribution in [-0.2, 0) is 0 Å². The topological polar surface area (TPSA) is 27.9 Å². The molecular formula is C19H24N3S+. The highest BCUT2D eigenvalue weighted by Crippen LogP contribution is 2.32. The maximum Gasteiger partial charge on any atom is 0.201 e. The highest BCUT2D eigenvalue weighted by atomic mass is 32.1. The average molecular weight is 326 g/mol. The molecule has 23 heavy (non-hydrogen) atoms. The molecule has 0 saturated carbocycles. The standard InChI is InChI=1S/C19H23N3S/c1-5-20-16-12-19-17(10-13(16)4)21-15-9-8-14(11-18(15)23-19)22(6-2)7-3/h8-12H,5-7H2,1-4H3/p+1. The molecule has 1 aliphatic carbocycles. The van der Waals surface area contributed by atoms with Gasteiger partial charge in [0.1, 0.15) is 13.1 Å². The van der Waals surface area contributed by atoms with Crippen molar-refractivity contribution in [2.75, 3.05) is 25.0 Å². The summed E-state index contributed by atoms with van der Waals surface area (Å²) in [5, 5.41) is 4.71. The third kappa shape index (κ3) is 3.08. The molecule has 0 spiro atoms. The summed E-state index contributed by atoms with van der Waals surface area (Å²) in [7, 11) is 0. The van der Waals surface area contributed by atoms with Crippen LogP contribution >= 0.6 is 11.3 Å². The quantitative estimate of drug-likeness (QED) is 0.581. The molecule has 3 nitrogen and oxygen atoms in total. The Hall–Kier alpha value is -1.94. The number of fused-ring (bicyclic) bond motifs is 2. The lowest BCUT2D eigenvalue weighted by molar-refractivity contribution is 0.626. The first-order chi connectivity index (χ1) is 11.2. The second kappa shape index (κ2) is 6.67. The fourth-order valence-corrected chi connectivity index (χ4v) is 3.95. The molecule has 0 saturated heterocycles. The fourth-order valence-electron chi connectivity index (χ4n) is 2.93. The molecular weight excluding hydrogens is 302 g/mol. The lowest BCUT2D eigenvalue weighted by Gasteiger charge is -2.11. The van der Waals surface area contributed by atoms with Gasteiger partial charge in [-0.1, -0.05) is 0 Å². The van der Waals surface area contributed by atoms with Gasteiger partial charge in [-0.05, 0) is 51.5 Å². The molecule has 1 aliphatic heterocycles. The zero-order valence-corrected chi connectivity index (χ0v) is 15.1. The van der Waals surface area contributed by atoms with Gasteiger partial charge in [0.05, 0.1) is 20.8 Å². The third-order valence-electron chi connectivity index (χ3n) is 4.21. The molecule has 0 atom stereocenters. The number of anilines is 1. The van der Waals surface area contributed by atoms with Crippen LogP contribution in [0.3, 0.4) is 0 Å². The van der Waals surface area contributed by atoms with Crippen molar-refractivity contribution >= 4 is 27.2 Å². The Labute approximate surface area is 141 Å². The maximum atomic E-state index is 4.86. The van der Waals surface area contributed by atoms with Crippen molar-refractivity contribution in [3.05, 3.63) is 41.3 Å². The van der Waals surface area contributed by atoms with Crippen LogP contribution in [0.1, 0.15) is 26.3 Å². The number of rotatable bonds is 4. The number of nitrogens with zero attached hydrogens (tertiary/aromatic N) is 2. The van der Waals surface area contributed by atoms with Gasteiger partial charge in [-0.25, -0.2) is 9.56 Å². The minimum atomic E-state index is 0.935. The van der Waals surface area contributed by atoms with E-state index in [-0.39, 0.29) is 0 Å². The molecule has 1 heterocycles. The van der Waals surface area contributed by atoms with Gasteiger partial charge in [-0.3, -0.25) is 0 Å². The van der Waals surface area contributed by atoms with Crippen molar-refractivity contribution < 1.29 is 0 Å². The minimum absolute atomic E-state index is 0.935. The van der Waals surface area contributed by atoms with Crippen LogP contribution < -0.4 is 15.2 Å². The van der Waals surface area contributed by atoms with E-state index in [0.717, 1.165) is 30.8 Å². The lowest BCUT2D eigenvalue weighted by atomic mass is 10.2. The zero-order valence-electron chi connectivity index (χ0n) is 14.3. The summed E-state index contributed by atoms with van der Waals surface area (Å²) >= 11 is 1.82. The first-order valence-corrected chi connectivity index (χ1v) is 9.15. The van der Waals surface area contributed by atoms with Crippen LogP contribution in [0.5, 0.6) is 0 Å². The van der Waals surface area contributed by atoms with Gasteiger partial charge in [0.15, 0.2) is 0 Å². The van der Waals surface area contributed by atoms with Crippen molar-refractivity contribution in [2.24, 2.45) is 0 Å². The number of aromatic nitrogens is 1. The normalized spacial score (nSPS) is 11.1. The molecule has 0 unspecified atom stereocenters. The predicted molar refractivity (Wildman–Crippen MR) is 101 cm³/mol. The molecule has 3 rings (SSSR count). The molecule has 1 aromatic carbocycles. The van der Waals surface area contributed by atoms with E-state index in [1.54, 1.807) is 0 Å². The second-order valence-electron chi connectivity index (χ2n) is 5.70. The minimum Gasteiger partial charge on any atom is -0.385 e. The number of aryl methyl sites for hydroxylation is 1. The van der Waals surface area contributed by atoms with E-state index in [0.29, 0.717) is 0 Å². The van der Waals surface area contributed by atoms with Crippen LogP contribution in [0.15, 0.2) is 30.3 Å². The van der Waals surface area contributed by atoms with Crippen LogP contribution in [0.25, 0.3) is 20.8 Å². The van der Waals surface area contributed by atoms with E-state index in [9.17, 15) is 0 Å². The number of hydrogen-bond donors (Lipinski definition) is 1. The van der Waals surface area contributed by atoms with Crippen LogP contribution in [-0.4, -0.2) is 24.6 Å². The van der Waals surface area contributed by atoms with Crippen LogP contribution in [0.2, 0.25) is 0 Å². The maximum absolute atomic E-state index is 4.86. The molecule has 0 radical (unpaired) electrons. The highest BCUT2D eigenvalue weighted by molar-refractivity contribution is 7.21. The first kappa shape index (κ1) is 15.9. The zero-order chi connectivity index (χ0) is 16.4. The van der Waals surface area contributed by atoms with Gasteiger partial charge in [-0.15, -0.1) is 11.3 Å². The molecule has 2 aliphatic rings. The smallest absolute Gasteiger partial charge is 0.201 e. The van der Waals surface area contributed by atoms with E-state index in [1.807, 2.05) is 11.3 Å². The number of hydrogen-bond acceptors (Lipinski definition) is 3. The summed E-state index contributed by atoms with van der Waals surface area (Å²) < 4.78 is 3.60. The highest BCUT2D eigenvalue weighted by Gasteiger charge is 2.11. The van der Waals surface area contributed by atoms with Crippen LogP contribution in [0, 0.1) is 6.92 Å². The van der Waals surface area contributed by atoms with Gasteiger partial charge < -0.3 is 5.32 Å². The molecule has 0 aromatic heterocycles. The van der Waals surface area contributed by atoms with Crippen LogP contribution in [0.4, 0.5) is 5.69 Å². The molecule has 120 valence electrons. The van der Waals surface area contributed by atoms with E-state index in [2.05, 4.69) is 67.9 Å². The monoisotopic (exact) mass is 326 g/mol. The average Bonchev–Trinajstić information content (AvgIpc) is 2.55. The Kier molecular flexibility index (Phi) is 4.62. The first-order valence-electron chi connectivity index (χ1n) is 8.33. The van der Waals surface area contributed by atoms with Crippen molar-refractivity contribution in [1.29, 1.82) is 0 Å². The molecule has 0 bridgehead atoms. The Balaban J connectivity index is 2.25. The van der Waals surface area contributed by atoms with E-state index in [4.69, 9.17) is 4.98 Å². The van der Waals surface area contributed by atoms with Crippen molar-refractivity contribution in [2.45, 2.75) is 27.7 Å². The molecule has 0 fully saturated rings. The van der Waals surface area contributed by atoms with E-state index >= 15 is 0 Å². The summed E-state index contributed by atoms with van der Waals surface area (Å²) in [5.74, 6) is 0. The van der Waals surface area contributed by atoms with E-state index < -0.39 is 0 Å². The molecule has 1 aromatic rings. The SMILES string of the molecule is CCNc1cc2sc3cc(=[N+](CC)CC)ccc-3nc2cc1C. The summed E-state index contributed by atoms with van der Waals surface area (Å²) in [6.07, 6.45) is 0. The van der Waals surface area contributed by atoms with Gasteiger partial charge in [0.2, 0.25) is 5.36 Å². The Morgan fingerprint density at radius 3 is 2.57 bits per heavy atom. The van der Waals surface area contributed by atoms with Crippen molar-refractivity contribution in [3.63, 3.8) is 0 Å². The Bertz CT molecular complexity index is 874. The second-order valence-corrected chi connectivity index (χ2v) is 6.79. The van der Waals surface area contributed by atoms with Crippen molar-refractivity contribution in [1.82, 2.24) is 9.56 Å². The summed E-state index contributed by atoms with van der Waals surface area (Å²) in [6, 6.07) is 11.0. The number of benzene rings is 2. The number of nitrogens with one attached hydrogen (secondary N) is 1. The van der Waals surface area contributed by atoms with E-state index in [1.165, 1.54) is 26.2 Å². The Morgan fingerprint density at radius 2 is 1.87 bits per heavy atom. The predicted octanol–water partition coefficient (Wildman–Crippen LogP) is 3.95. The molecule has 0 amide bonds. The van der Waals surface area contributed by atoms with Crippen molar-refractivity contribution in [3.8, 4) is 10.6 Å². The van der Waals surface area contributed by atoms with Gasteiger partial charge in [0.25, 0.3) is 0 Å². The summed E-state index contributed by atoms with van der Waals surface area (Å²) in [6.45, 7) is 11.6. The van der Waals surface area contributed by atoms with Gasteiger partial charge in [0, 0.05) is 24.4 Å². The van der Waals surface area contributed by atoms with Gasteiger partial charge in [-0.2, -0.15) is 0 Å². The Morgan fingerprint density at radius 1 is 1.09 bits per heavy atom. The largest absolute Gasteiger partial charge is 0.385 e. The van der Waals surface area contributed by atoms with Gasteiger partial charge >= 0.3 is 0 Å².